The van der Waals surface area contributed by atoms with E-state index in [1.54, 1.807) is 4.90 Å². The van der Waals surface area contributed by atoms with E-state index in [0.29, 0.717) is 19.7 Å². The van der Waals surface area contributed by atoms with Gasteiger partial charge in [-0.05, 0) is 41.8 Å². The van der Waals surface area contributed by atoms with E-state index < -0.39 is 0 Å². The number of halogens is 1. The molecular formula is C16H18ClNO3. The number of carbonyl (C=O) groups is 2. The summed E-state index contributed by atoms with van der Waals surface area (Å²) in [5.74, 6) is 0.00153. The lowest BCUT2D eigenvalue weighted by Crippen LogP contribution is -2.40. The summed E-state index contributed by atoms with van der Waals surface area (Å²) in [6, 6.07) is 9.63. The molecule has 2 fully saturated rings. The number of hydrogen-bond acceptors (Lipinski definition) is 3. The molecule has 4 nitrogen and oxygen atoms in total. The van der Waals surface area contributed by atoms with Crippen molar-refractivity contribution in [2.45, 2.75) is 25.9 Å². The van der Waals surface area contributed by atoms with Crippen LogP contribution >= 0.6 is 11.6 Å². The molecule has 0 N–H and O–H groups in total. The Morgan fingerprint density at radius 3 is 2.48 bits per heavy atom. The molecule has 1 amide bonds. The summed E-state index contributed by atoms with van der Waals surface area (Å²) >= 11 is 5.57. The van der Waals surface area contributed by atoms with Crippen molar-refractivity contribution in [1.82, 2.24) is 4.90 Å². The standard InChI is InChI=1S/C16H18ClNO3/c17-14(19)13-10-16(13)6-8-18(9-7-16)15(20)21-11-12-4-2-1-3-5-12/h1-5,13H,6-11H2. The molecule has 1 aromatic rings. The largest absolute Gasteiger partial charge is 0.445 e. The topological polar surface area (TPSA) is 46.6 Å². The maximum atomic E-state index is 12.0. The Morgan fingerprint density at radius 1 is 1.24 bits per heavy atom. The number of hydrogen-bond donors (Lipinski definition) is 0. The predicted molar refractivity (Wildman–Crippen MR) is 78.8 cm³/mol. The van der Waals surface area contributed by atoms with Crippen molar-refractivity contribution in [3.8, 4) is 0 Å². The van der Waals surface area contributed by atoms with Crippen LogP contribution in [0.1, 0.15) is 24.8 Å². The van der Waals surface area contributed by atoms with E-state index in [4.69, 9.17) is 16.3 Å². The first-order chi connectivity index (χ1) is 10.1. The maximum absolute atomic E-state index is 12.0. The Kier molecular flexibility index (Phi) is 3.89. The smallest absolute Gasteiger partial charge is 0.410 e. The lowest BCUT2D eigenvalue weighted by molar-refractivity contribution is -0.113. The Bertz CT molecular complexity index is 538. The second-order valence-corrected chi connectivity index (χ2v) is 6.32. The van der Waals surface area contributed by atoms with E-state index >= 15 is 0 Å². The van der Waals surface area contributed by atoms with Crippen LogP contribution < -0.4 is 0 Å². The molecule has 1 spiro atoms. The van der Waals surface area contributed by atoms with Crippen molar-refractivity contribution in [3.63, 3.8) is 0 Å². The lowest BCUT2D eigenvalue weighted by Gasteiger charge is -2.31. The zero-order valence-corrected chi connectivity index (χ0v) is 12.5. The zero-order valence-electron chi connectivity index (χ0n) is 11.8. The molecule has 3 rings (SSSR count). The first-order valence-corrected chi connectivity index (χ1v) is 7.63. The SMILES string of the molecule is O=C(Cl)C1CC12CCN(C(=O)OCc1ccccc1)CC2. The van der Waals surface area contributed by atoms with Gasteiger partial charge in [0.1, 0.15) is 6.61 Å². The summed E-state index contributed by atoms with van der Waals surface area (Å²) in [4.78, 5) is 25.0. The number of ether oxygens (including phenoxy) is 1. The van der Waals surface area contributed by atoms with Gasteiger partial charge in [0.15, 0.2) is 0 Å². The number of carbonyl (C=O) groups excluding carboxylic acids is 2. The van der Waals surface area contributed by atoms with Gasteiger partial charge in [-0.2, -0.15) is 0 Å². The molecule has 1 aromatic carbocycles. The average Bonchev–Trinajstić information content (AvgIpc) is 3.21. The van der Waals surface area contributed by atoms with Gasteiger partial charge in [0, 0.05) is 19.0 Å². The molecule has 1 aliphatic heterocycles. The van der Waals surface area contributed by atoms with E-state index in [2.05, 4.69) is 0 Å². The molecule has 0 aromatic heterocycles. The highest BCUT2D eigenvalue weighted by molar-refractivity contribution is 6.64. The van der Waals surface area contributed by atoms with Crippen LogP contribution in [0.15, 0.2) is 30.3 Å². The number of rotatable bonds is 3. The van der Waals surface area contributed by atoms with Crippen molar-refractivity contribution < 1.29 is 14.3 Å². The summed E-state index contributed by atoms with van der Waals surface area (Å²) in [7, 11) is 0. The fourth-order valence-corrected chi connectivity index (χ4v) is 3.47. The Hall–Kier alpha value is -1.55. The predicted octanol–water partition coefficient (Wildman–Crippen LogP) is 3.19. The van der Waals surface area contributed by atoms with Gasteiger partial charge in [-0.25, -0.2) is 4.79 Å². The quantitative estimate of drug-likeness (QED) is 0.806. The molecule has 1 heterocycles. The molecule has 1 saturated heterocycles. The van der Waals surface area contributed by atoms with E-state index in [9.17, 15) is 9.59 Å². The fourth-order valence-electron chi connectivity index (χ4n) is 3.17. The second-order valence-electron chi connectivity index (χ2n) is 5.95. The number of amides is 1. The van der Waals surface area contributed by atoms with Gasteiger partial charge < -0.3 is 9.64 Å². The molecule has 2 aliphatic rings. The van der Waals surface area contributed by atoms with Crippen molar-refractivity contribution in [3.05, 3.63) is 35.9 Å². The van der Waals surface area contributed by atoms with Crippen LogP contribution in [0.2, 0.25) is 0 Å². The van der Waals surface area contributed by atoms with E-state index in [-0.39, 0.29) is 22.7 Å². The second kappa shape index (κ2) is 5.68. The zero-order chi connectivity index (χ0) is 14.9. The molecular weight excluding hydrogens is 290 g/mol. The van der Waals surface area contributed by atoms with Gasteiger partial charge in [-0.1, -0.05) is 30.3 Å². The first kappa shape index (κ1) is 14.4. The van der Waals surface area contributed by atoms with Crippen molar-refractivity contribution in [2.24, 2.45) is 11.3 Å². The van der Waals surface area contributed by atoms with Gasteiger partial charge >= 0.3 is 6.09 Å². The third-order valence-electron chi connectivity index (χ3n) is 4.69. The molecule has 1 saturated carbocycles. The highest BCUT2D eigenvalue weighted by atomic mass is 35.5. The third-order valence-corrected chi connectivity index (χ3v) is 4.95. The Labute approximate surface area is 129 Å². The summed E-state index contributed by atoms with van der Waals surface area (Å²) < 4.78 is 5.32. The van der Waals surface area contributed by atoms with E-state index in [0.717, 1.165) is 24.8 Å². The molecule has 5 heteroatoms. The number of benzene rings is 1. The van der Waals surface area contributed by atoms with Gasteiger partial charge in [0.2, 0.25) is 5.24 Å². The minimum atomic E-state index is -0.275. The number of nitrogens with zero attached hydrogens (tertiary/aromatic N) is 1. The van der Waals surface area contributed by atoms with Crippen LogP contribution in [-0.2, 0) is 16.1 Å². The van der Waals surface area contributed by atoms with Crippen LogP contribution in [0.4, 0.5) is 4.79 Å². The number of piperidine rings is 1. The minimum Gasteiger partial charge on any atom is -0.445 e. The lowest BCUT2D eigenvalue weighted by atomic mass is 9.91. The van der Waals surface area contributed by atoms with Crippen molar-refractivity contribution in [2.75, 3.05) is 13.1 Å². The molecule has 0 bridgehead atoms. The van der Waals surface area contributed by atoms with Gasteiger partial charge in [-0.3, -0.25) is 4.79 Å². The molecule has 0 radical (unpaired) electrons. The first-order valence-electron chi connectivity index (χ1n) is 7.26. The summed E-state index contributed by atoms with van der Waals surface area (Å²) in [6.45, 7) is 1.59. The van der Waals surface area contributed by atoms with Crippen LogP contribution in [0.5, 0.6) is 0 Å². The highest BCUT2D eigenvalue weighted by Gasteiger charge is 2.58. The molecule has 1 unspecified atom stereocenters. The summed E-state index contributed by atoms with van der Waals surface area (Å²) in [5.41, 5.74) is 1.05. The maximum Gasteiger partial charge on any atom is 0.410 e. The van der Waals surface area contributed by atoms with Crippen LogP contribution in [0.3, 0.4) is 0 Å². The molecule has 112 valence electrons. The molecule has 1 atom stereocenters. The number of likely N-dealkylation sites (tertiary alicyclic amines) is 1. The van der Waals surface area contributed by atoms with E-state index in [1.165, 1.54) is 0 Å². The molecule has 1 aliphatic carbocycles. The van der Waals surface area contributed by atoms with Crippen molar-refractivity contribution >= 4 is 22.9 Å². The Balaban J connectivity index is 1.46. The van der Waals surface area contributed by atoms with E-state index in [1.807, 2.05) is 30.3 Å². The van der Waals surface area contributed by atoms with Gasteiger partial charge in [0.25, 0.3) is 0 Å². The van der Waals surface area contributed by atoms with Crippen LogP contribution in [-0.4, -0.2) is 29.3 Å². The fraction of sp³-hybridized carbons (Fsp3) is 0.500. The third kappa shape index (κ3) is 3.05. The van der Waals surface area contributed by atoms with Gasteiger partial charge in [-0.15, -0.1) is 0 Å². The van der Waals surface area contributed by atoms with Crippen LogP contribution in [0, 0.1) is 11.3 Å². The van der Waals surface area contributed by atoms with Crippen molar-refractivity contribution in [1.29, 1.82) is 0 Å². The van der Waals surface area contributed by atoms with Gasteiger partial charge in [0.05, 0.1) is 0 Å². The highest BCUT2D eigenvalue weighted by Crippen LogP contribution is 2.60. The monoisotopic (exact) mass is 307 g/mol. The van der Waals surface area contributed by atoms with Crippen LogP contribution in [0.25, 0.3) is 0 Å². The summed E-state index contributed by atoms with van der Waals surface area (Å²) in [5, 5.41) is -0.227. The molecule has 21 heavy (non-hydrogen) atoms. The Morgan fingerprint density at radius 2 is 1.90 bits per heavy atom. The normalized spacial score (nSPS) is 22.9. The average molecular weight is 308 g/mol. The summed E-state index contributed by atoms with van der Waals surface area (Å²) in [6.07, 6.45) is 2.29. The minimum absolute atomic E-state index is 0.00153.